The number of hydrogen-bond donors (Lipinski definition) is 0. The van der Waals surface area contributed by atoms with Crippen molar-refractivity contribution in [2.24, 2.45) is 10.2 Å². The predicted molar refractivity (Wildman–Crippen MR) is 74.2 cm³/mol. The molecule has 1 aromatic heterocycles. The lowest BCUT2D eigenvalue weighted by atomic mass is 10.3. The number of benzene rings is 2. The molecule has 0 amide bonds. The maximum atomic E-state index is 4.23. The highest BCUT2D eigenvalue weighted by atomic mass is 15.3. The Morgan fingerprint density at radius 1 is 0.789 bits per heavy atom. The summed E-state index contributed by atoms with van der Waals surface area (Å²) in [4.78, 5) is 0. The van der Waals surface area contributed by atoms with Crippen LogP contribution in [0.4, 0.5) is 11.4 Å². The van der Waals surface area contributed by atoms with Gasteiger partial charge in [-0.15, -0.1) is 0 Å². The molecule has 0 unspecified atom stereocenters. The third kappa shape index (κ3) is 2.74. The third-order valence-corrected chi connectivity index (χ3v) is 2.64. The average molecular weight is 248 g/mol. The lowest BCUT2D eigenvalue weighted by Gasteiger charge is -2.01. The zero-order chi connectivity index (χ0) is 12.9. The lowest BCUT2D eigenvalue weighted by molar-refractivity contribution is 0.880. The molecule has 0 fully saturated rings. The number of azo groups is 1. The molecule has 1 heterocycles. The maximum Gasteiger partial charge on any atom is 0.0878 e. The molecule has 0 aliphatic rings. The van der Waals surface area contributed by atoms with Gasteiger partial charge < -0.3 is 0 Å². The molecule has 0 bridgehead atoms. The SMILES string of the molecule is c1ccc(N=Nc2cccc(-n3cccn3)c2)cc1. The van der Waals surface area contributed by atoms with Crippen molar-refractivity contribution in [3.8, 4) is 5.69 Å². The Bertz CT molecular complexity index is 672. The van der Waals surface area contributed by atoms with Crippen molar-refractivity contribution in [3.05, 3.63) is 73.1 Å². The van der Waals surface area contributed by atoms with Gasteiger partial charge in [-0.2, -0.15) is 15.3 Å². The van der Waals surface area contributed by atoms with Gasteiger partial charge in [-0.25, -0.2) is 4.68 Å². The van der Waals surface area contributed by atoms with E-state index in [1.165, 1.54) is 0 Å². The van der Waals surface area contributed by atoms with Crippen molar-refractivity contribution in [2.75, 3.05) is 0 Å². The highest BCUT2D eigenvalue weighted by molar-refractivity contribution is 5.47. The third-order valence-electron chi connectivity index (χ3n) is 2.64. The molecule has 19 heavy (non-hydrogen) atoms. The molecule has 0 saturated heterocycles. The van der Waals surface area contributed by atoms with Gasteiger partial charge in [0.05, 0.1) is 17.1 Å². The van der Waals surface area contributed by atoms with Crippen molar-refractivity contribution in [2.45, 2.75) is 0 Å². The van der Waals surface area contributed by atoms with Gasteiger partial charge in [0, 0.05) is 12.4 Å². The van der Waals surface area contributed by atoms with Gasteiger partial charge in [0.15, 0.2) is 0 Å². The monoisotopic (exact) mass is 248 g/mol. The van der Waals surface area contributed by atoms with Gasteiger partial charge in [0.25, 0.3) is 0 Å². The normalized spacial score (nSPS) is 10.9. The van der Waals surface area contributed by atoms with E-state index in [4.69, 9.17) is 0 Å². The van der Waals surface area contributed by atoms with Crippen LogP contribution in [0.5, 0.6) is 0 Å². The predicted octanol–water partition coefficient (Wildman–Crippen LogP) is 4.29. The lowest BCUT2D eigenvalue weighted by Crippen LogP contribution is -1.92. The molecule has 0 saturated carbocycles. The van der Waals surface area contributed by atoms with Gasteiger partial charge in [0.1, 0.15) is 0 Å². The first-order valence-electron chi connectivity index (χ1n) is 5.99. The molecule has 0 radical (unpaired) electrons. The Labute approximate surface area is 111 Å². The first-order chi connectivity index (χ1) is 9.42. The molecular formula is C15H12N4. The van der Waals surface area contributed by atoms with Crippen LogP contribution >= 0.6 is 0 Å². The summed E-state index contributed by atoms with van der Waals surface area (Å²) in [6.07, 6.45) is 3.64. The van der Waals surface area contributed by atoms with E-state index in [2.05, 4.69) is 15.3 Å². The van der Waals surface area contributed by atoms with Gasteiger partial charge in [-0.05, 0) is 36.4 Å². The van der Waals surface area contributed by atoms with E-state index in [1.54, 1.807) is 10.9 Å². The molecular weight excluding hydrogens is 236 g/mol. The fraction of sp³-hybridized carbons (Fsp3) is 0. The van der Waals surface area contributed by atoms with Crippen LogP contribution in [-0.2, 0) is 0 Å². The van der Waals surface area contributed by atoms with Crippen LogP contribution in [0.15, 0.2) is 83.3 Å². The molecule has 0 aliphatic heterocycles. The van der Waals surface area contributed by atoms with Crippen LogP contribution in [0, 0.1) is 0 Å². The van der Waals surface area contributed by atoms with Crippen molar-refractivity contribution in [1.82, 2.24) is 9.78 Å². The Morgan fingerprint density at radius 2 is 1.58 bits per heavy atom. The van der Waals surface area contributed by atoms with Crippen molar-refractivity contribution >= 4 is 11.4 Å². The molecule has 0 N–H and O–H groups in total. The van der Waals surface area contributed by atoms with E-state index in [0.29, 0.717) is 0 Å². The Hall–Kier alpha value is -2.75. The molecule has 0 spiro atoms. The maximum absolute atomic E-state index is 4.23. The van der Waals surface area contributed by atoms with E-state index >= 15 is 0 Å². The first kappa shape index (κ1) is 11.3. The highest BCUT2D eigenvalue weighted by Gasteiger charge is 1.97. The minimum Gasteiger partial charge on any atom is -0.241 e. The molecule has 92 valence electrons. The summed E-state index contributed by atoms with van der Waals surface area (Å²) in [6.45, 7) is 0. The molecule has 4 nitrogen and oxygen atoms in total. The Kier molecular flexibility index (Phi) is 3.14. The highest BCUT2D eigenvalue weighted by Crippen LogP contribution is 2.20. The second-order valence-corrected chi connectivity index (χ2v) is 4.01. The Balaban J connectivity index is 1.86. The van der Waals surface area contributed by atoms with Crippen molar-refractivity contribution in [1.29, 1.82) is 0 Å². The summed E-state index contributed by atoms with van der Waals surface area (Å²) in [7, 11) is 0. The molecule has 0 aliphatic carbocycles. The standard InChI is InChI=1S/C15H12N4/c1-2-6-13(7-3-1)17-18-14-8-4-9-15(12-14)19-11-5-10-16-19/h1-12H. The zero-order valence-electron chi connectivity index (χ0n) is 10.2. The largest absolute Gasteiger partial charge is 0.241 e. The summed E-state index contributed by atoms with van der Waals surface area (Å²) < 4.78 is 1.79. The van der Waals surface area contributed by atoms with Crippen molar-refractivity contribution < 1.29 is 0 Å². The van der Waals surface area contributed by atoms with Crippen LogP contribution in [0.2, 0.25) is 0 Å². The summed E-state index contributed by atoms with van der Waals surface area (Å²) in [5.41, 5.74) is 2.61. The number of aromatic nitrogens is 2. The fourth-order valence-corrected chi connectivity index (χ4v) is 1.73. The van der Waals surface area contributed by atoms with Gasteiger partial charge >= 0.3 is 0 Å². The van der Waals surface area contributed by atoms with E-state index in [1.807, 2.05) is 66.9 Å². The van der Waals surface area contributed by atoms with E-state index in [0.717, 1.165) is 17.1 Å². The van der Waals surface area contributed by atoms with Crippen LogP contribution < -0.4 is 0 Å². The minimum atomic E-state index is 0.803. The molecule has 3 rings (SSSR count). The zero-order valence-corrected chi connectivity index (χ0v) is 10.2. The van der Waals surface area contributed by atoms with Gasteiger partial charge in [-0.3, -0.25) is 0 Å². The van der Waals surface area contributed by atoms with E-state index in [9.17, 15) is 0 Å². The minimum absolute atomic E-state index is 0.803. The van der Waals surface area contributed by atoms with Crippen LogP contribution in [0.3, 0.4) is 0 Å². The van der Waals surface area contributed by atoms with Crippen LogP contribution in [-0.4, -0.2) is 9.78 Å². The Morgan fingerprint density at radius 3 is 2.37 bits per heavy atom. The molecule has 0 atom stereocenters. The van der Waals surface area contributed by atoms with Gasteiger partial charge in [0.2, 0.25) is 0 Å². The second-order valence-electron chi connectivity index (χ2n) is 4.01. The second kappa shape index (κ2) is 5.27. The number of rotatable bonds is 3. The van der Waals surface area contributed by atoms with E-state index < -0.39 is 0 Å². The summed E-state index contributed by atoms with van der Waals surface area (Å²) in [5, 5.41) is 12.6. The quantitative estimate of drug-likeness (QED) is 0.637. The van der Waals surface area contributed by atoms with Crippen molar-refractivity contribution in [3.63, 3.8) is 0 Å². The average Bonchev–Trinajstić information content (AvgIpc) is 3.01. The summed E-state index contributed by atoms with van der Waals surface area (Å²) >= 11 is 0. The van der Waals surface area contributed by atoms with Gasteiger partial charge in [-0.1, -0.05) is 24.3 Å². The smallest absolute Gasteiger partial charge is 0.0878 e. The first-order valence-corrected chi connectivity index (χ1v) is 5.99. The topological polar surface area (TPSA) is 42.5 Å². The van der Waals surface area contributed by atoms with E-state index in [-0.39, 0.29) is 0 Å². The molecule has 4 heteroatoms. The summed E-state index contributed by atoms with van der Waals surface area (Å²) in [6, 6.07) is 19.3. The van der Waals surface area contributed by atoms with Crippen LogP contribution in [0.25, 0.3) is 5.69 Å². The number of hydrogen-bond acceptors (Lipinski definition) is 3. The summed E-state index contributed by atoms with van der Waals surface area (Å²) in [5.74, 6) is 0. The molecule has 2 aromatic carbocycles. The fourth-order valence-electron chi connectivity index (χ4n) is 1.73. The number of nitrogens with zero attached hydrogens (tertiary/aromatic N) is 4. The molecule has 3 aromatic rings. The van der Waals surface area contributed by atoms with Crippen LogP contribution in [0.1, 0.15) is 0 Å².